The standard InChI is InChI=1S/C13H14F2N2O3S/c14-11-3-2-10(7-12(11)15)21(19,20)16-5-6-17-9(8-16)1-4-13(17)18/h2-3,7,9H,1,4-6,8H2. The van der Waals surface area contributed by atoms with Crippen molar-refractivity contribution in [2.24, 2.45) is 0 Å². The van der Waals surface area contributed by atoms with Crippen molar-refractivity contribution in [1.82, 2.24) is 9.21 Å². The van der Waals surface area contributed by atoms with E-state index in [0.29, 0.717) is 25.5 Å². The number of carbonyl (C=O) groups excluding carboxylic acids is 1. The van der Waals surface area contributed by atoms with Crippen molar-refractivity contribution >= 4 is 15.9 Å². The molecule has 0 saturated carbocycles. The molecule has 1 aromatic carbocycles. The first-order valence-electron chi connectivity index (χ1n) is 6.64. The normalized spacial score (nSPS) is 23.4. The average molecular weight is 316 g/mol. The lowest BCUT2D eigenvalue weighted by Crippen LogP contribution is -2.53. The number of hydrogen-bond acceptors (Lipinski definition) is 3. The van der Waals surface area contributed by atoms with Gasteiger partial charge in [0.15, 0.2) is 11.6 Å². The average Bonchev–Trinajstić information content (AvgIpc) is 2.83. The van der Waals surface area contributed by atoms with Crippen LogP contribution < -0.4 is 0 Å². The molecule has 0 aliphatic carbocycles. The van der Waals surface area contributed by atoms with Crippen molar-refractivity contribution in [3.05, 3.63) is 29.8 Å². The molecule has 2 heterocycles. The molecule has 1 unspecified atom stereocenters. The minimum atomic E-state index is -3.87. The van der Waals surface area contributed by atoms with E-state index in [-0.39, 0.29) is 29.9 Å². The summed E-state index contributed by atoms with van der Waals surface area (Å²) in [6.45, 7) is 0.711. The summed E-state index contributed by atoms with van der Waals surface area (Å²) in [5, 5.41) is 0. The molecule has 3 rings (SSSR count). The number of nitrogens with zero attached hydrogens (tertiary/aromatic N) is 2. The van der Waals surface area contributed by atoms with Gasteiger partial charge >= 0.3 is 0 Å². The highest BCUT2D eigenvalue weighted by molar-refractivity contribution is 7.89. The minimum absolute atomic E-state index is 0.0462. The molecule has 0 N–H and O–H groups in total. The molecule has 1 atom stereocenters. The second-order valence-electron chi connectivity index (χ2n) is 5.22. The van der Waals surface area contributed by atoms with Gasteiger partial charge in [-0.15, -0.1) is 0 Å². The van der Waals surface area contributed by atoms with Crippen LogP contribution in [0.5, 0.6) is 0 Å². The van der Waals surface area contributed by atoms with Crippen LogP contribution in [-0.4, -0.2) is 49.2 Å². The Morgan fingerprint density at radius 2 is 1.90 bits per heavy atom. The predicted molar refractivity (Wildman–Crippen MR) is 69.9 cm³/mol. The first-order chi connectivity index (χ1) is 9.89. The Kier molecular flexibility index (Phi) is 3.45. The summed E-state index contributed by atoms with van der Waals surface area (Å²) in [5.74, 6) is -2.23. The zero-order chi connectivity index (χ0) is 15.2. The molecule has 0 aromatic heterocycles. The molecule has 5 nitrogen and oxygen atoms in total. The van der Waals surface area contributed by atoms with E-state index in [9.17, 15) is 22.0 Å². The van der Waals surface area contributed by atoms with Crippen molar-refractivity contribution in [2.75, 3.05) is 19.6 Å². The molecule has 2 aliphatic heterocycles. The van der Waals surface area contributed by atoms with E-state index in [1.165, 1.54) is 4.31 Å². The molecule has 8 heteroatoms. The van der Waals surface area contributed by atoms with Crippen LogP contribution in [0.3, 0.4) is 0 Å². The highest BCUT2D eigenvalue weighted by atomic mass is 32.2. The van der Waals surface area contributed by atoms with E-state index in [4.69, 9.17) is 0 Å². The lowest BCUT2D eigenvalue weighted by molar-refractivity contribution is -0.130. The maximum Gasteiger partial charge on any atom is 0.243 e. The fraction of sp³-hybridized carbons (Fsp3) is 0.462. The Bertz CT molecular complexity index is 693. The van der Waals surface area contributed by atoms with Crippen LogP contribution in [0.25, 0.3) is 0 Å². The first-order valence-corrected chi connectivity index (χ1v) is 8.08. The van der Waals surface area contributed by atoms with Crippen molar-refractivity contribution in [3.63, 3.8) is 0 Å². The van der Waals surface area contributed by atoms with E-state index in [1.54, 1.807) is 4.90 Å². The SMILES string of the molecule is O=C1CCC2CN(S(=O)(=O)c3ccc(F)c(F)c3)CCN12. The summed E-state index contributed by atoms with van der Waals surface area (Å²) in [6, 6.07) is 2.43. The molecule has 114 valence electrons. The van der Waals surface area contributed by atoms with Gasteiger partial charge in [-0.05, 0) is 24.6 Å². The van der Waals surface area contributed by atoms with E-state index >= 15 is 0 Å². The van der Waals surface area contributed by atoms with E-state index in [0.717, 1.165) is 12.1 Å². The molecular weight excluding hydrogens is 302 g/mol. The Hall–Kier alpha value is -1.54. The quantitative estimate of drug-likeness (QED) is 0.816. The molecule has 0 radical (unpaired) electrons. The lowest BCUT2D eigenvalue weighted by Gasteiger charge is -2.36. The molecule has 1 aromatic rings. The summed E-state index contributed by atoms with van der Waals surface area (Å²) >= 11 is 0. The number of hydrogen-bond donors (Lipinski definition) is 0. The van der Waals surface area contributed by atoms with Gasteiger partial charge in [-0.3, -0.25) is 4.79 Å². The van der Waals surface area contributed by atoms with Crippen LogP contribution >= 0.6 is 0 Å². The molecule has 21 heavy (non-hydrogen) atoms. The monoisotopic (exact) mass is 316 g/mol. The van der Waals surface area contributed by atoms with Gasteiger partial charge < -0.3 is 4.90 Å². The van der Waals surface area contributed by atoms with E-state index in [2.05, 4.69) is 0 Å². The fourth-order valence-electron chi connectivity index (χ4n) is 2.84. The van der Waals surface area contributed by atoms with E-state index in [1.807, 2.05) is 0 Å². The highest BCUT2D eigenvalue weighted by Crippen LogP contribution is 2.27. The smallest absolute Gasteiger partial charge is 0.243 e. The fourth-order valence-corrected chi connectivity index (χ4v) is 4.32. The summed E-state index contributed by atoms with van der Waals surface area (Å²) in [5.41, 5.74) is 0. The highest BCUT2D eigenvalue weighted by Gasteiger charge is 2.39. The molecule has 2 fully saturated rings. The van der Waals surface area contributed by atoms with Crippen LogP contribution in [0, 0.1) is 11.6 Å². The van der Waals surface area contributed by atoms with E-state index < -0.39 is 21.7 Å². The van der Waals surface area contributed by atoms with Crippen LogP contribution in [-0.2, 0) is 14.8 Å². The largest absolute Gasteiger partial charge is 0.337 e. The van der Waals surface area contributed by atoms with Crippen molar-refractivity contribution < 1.29 is 22.0 Å². The second kappa shape index (κ2) is 5.03. The summed E-state index contributed by atoms with van der Waals surface area (Å²) < 4.78 is 52.3. The number of rotatable bonds is 2. The second-order valence-corrected chi connectivity index (χ2v) is 7.16. The maximum atomic E-state index is 13.2. The number of carbonyl (C=O) groups is 1. The van der Waals surface area contributed by atoms with Crippen LogP contribution in [0.2, 0.25) is 0 Å². The Morgan fingerprint density at radius 3 is 2.62 bits per heavy atom. The molecule has 0 bridgehead atoms. The predicted octanol–water partition coefficient (Wildman–Crippen LogP) is 0.960. The molecule has 2 aliphatic rings. The lowest BCUT2D eigenvalue weighted by atomic mass is 10.2. The number of amides is 1. The number of sulfonamides is 1. The van der Waals surface area contributed by atoms with Gasteiger partial charge in [0, 0.05) is 32.1 Å². The Balaban J connectivity index is 1.85. The van der Waals surface area contributed by atoms with Gasteiger partial charge in [0.1, 0.15) is 0 Å². The van der Waals surface area contributed by atoms with Gasteiger partial charge in [-0.25, -0.2) is 17.2 Å². The van der Waals surface area contributed by atoms with Gasteiger partial charge in [0.2, 0.25) is 15.9 Å². The van der Waals surface area contributed by atoms with Gasteiger partial charge in [0.05, 0.1) is 4.90 Å². The number of piperazine rings is 1. The third-order valence-corrected chi connectivity index (χ3v) is 5.85. The van der Waals surface area contributed by atoms with Crippen LogP contribution in [0.1, 0.15) is 12.8 Å². The van der Waals surface area contributed by atoms with Gasteiger partial charge in [0.25, 0.3) is 0 Å². The van der Waals surface area contributed by atoms with Crippen molar-refractivity contribution in [3.8, 4) is 0 Å². The van der Waals surface area contributed by atoms with Crippen molar-refractivity contribution in [2.45, 2.75) is 23.8 Å². The topological polar surface area (TPSA) is 57.7 Å². The summed E-state index contributed by atoms with van der Waals surface area (Å²) in [7, 11) is -3.87. The van der Waals surface area contributed by atoms with Crippen molar-refractivity contribution in [1.29, 1.82) is 0 Å². The number of fused-ring (bicyclic) bond motifs is 1. The third-order valence-electron chi connectivity index (χ3n) is 3.99. The Labute approximate surface area is 121 Å². The number of benzene rings is 1. The molecule has 2 saturated heterocycles. The third kappa shape index (κ3) is 2.42. The first kappa shape index (κ1) is 14.4. The summed E-state index contributed by atoms with van der Waals surface area (Å²) in [6.07, 6.45) is 1.06. The van der Waals surface area contributed by atoms with Gasteiger partial charge in [-0.2, -0.15) is 4.31 Å². The maximum absolute atomic E-state index is 13.2. The van der Waals surface area contributed by atoms with Crippen LogP contribution in [0.4, 0.5) is 8.78 Å². The zero-order valence-corrected chi connectivity index (χ0v) is 11.9. The molecule has 1 amide bonds. The zero-order valence-electron chi connectivity index (χ0n) is 11.1. The molecule has 0 spiro atoms. The number of halogens is 2. The summed E-state index contributed by atoms with van der Waals surface area (Å²) in [4.78, 5) is 13.0. The van der Waals surface area contributed by atoms with Gasteiger partial charge in [-0.1, -0.05) is 0 Å². The molecular formula is C13H14F2N2O3S. The van der Waals surface area contributed by atoms with Crippen LogP contribution in [0.15, 0.2) is 23.1 Å². The minimum Gasteiger partial charge on any atom is -0.337 e. The Morgan fingerprint density at radius 1 is 1.14 bits per heavy atom.